The van der Waals surface area contributed by atoms with Crippen molar-refractivity contribution in [1.29, 1.82) is 0 Å². The molecule has 4 aromatic carbocycles. The fraction of sp³-hybridized carbons (Fsp3) is 0.483. The fourth-order valence-electron chi connectivity index (χ4n) is 8.51. The smallest absolute Gasteiger partial charge is 0.187 e. The first-order valence-electron chi connectivity index (χ1n) is 25.5. The lowest BCUT2D eigenvalue weighted by atomic mass is 9.89. The molecular formula is C58H78N2O10. The molecule has 0 amide bonds. The Kier molecular flexibility index (Phi) is 23.8. The molecule has 1 aliphatic carbocycles. The Labute approximate surface area is 417 Å². The van der Waals surface area contributed by atoms with E-state index in [4.69, 9.17) is 37.9 Å². The first-order valence-corrected chi connectivity index (χ1v) is 25.5. The van der Waals surface area contributed by atoms with Crippen LogP contribution in [0, 0.1) is 0 Å². The maximum Gasteiger partial charge on any atom is 0.187 e. The molecule has 0 fully saturated rings. The van der Waals surface area contributed by atoms with Gasteiger partial charge in [0.25, 0.3) is 0 Å². The van der Waals surface area contributed by atoms with Crippen LogP contribution in [0.5, 0.6) is 23.0 Å². The van der Waals surface area contributed by atoms with Gasteiger partial charge in [0, 0.05) is 114 Å². The van der Waals surface area contributed by atoms with Gasteiger partial charge in [0.15, 0.2) is 11.6 Å². The number of carbonyl (C=O) groups is 2. The summed E-state index contributed by atoms with van der Waals surface area (Å²) in [7, 11) is 0. The van der Waals surface area contributed by atoms with Crippen LogP contribution in [-0.4, -0.2) is 127 Å². The van der Waals surface area contributed by atoms with Gasteiger partial charge < -0.3 is 47.7 Å². The van der Waals surface area contributed by atoms with Gasteiger partial charge in [0.05, 0.1) is 26.4 Å². The van der Waals surface area contributed by atoms with Gasteiger partial charge >= 0.3 is 0 Å². The van der Waals surface area contributed by atoms with Gasteiger partial charge in [-0.25, -0.2) is 0 Å². The Balaban J connectivity index is 1.85. The van der Waals surface area contributed by atoms with E-state index in [1.54, 1.807) is 12.2 Å². The first-order chi connectivity index (χ1) is 34.2. The van der Waals surface area contributed by atoms with E-state index >= 15 is 0 Å². The average molecular weight is 963 g/mol. The minimum absolute atomic E-state index is 0.110. The van der Waals surface area contributed by atoms with Crippen molar-refractivity contribution in [2.45, 2.75) is 81.1 Å². The van der Waals surface area contributed by atoms with Gasteiger partial charge in [-0.05, 0) is 124 Å². The largest absolute Gasteiger partial charge is 0.491 e. The monoisotopic (exact) mass is 963 g/mol. The number of ketones is 2. The standard InChI is InChI=1S/C58H78N2O10/c1-9-59(10-2)25-23-53(61)47-39-49-35-43-19-17-21-45(55(43)67-31-27-63-13-5)37-51-41-48(54(62)24-26-60(11-3)12-4)42-52(58(51)70-34-30-66-16-8)38-46-22-18-20-44(56(46)68-32-28-64-14-6)36-50(40-47)57(49)69-33-29-65-15-7/h17-26,39-42H,9-16,27-38H2,1-8H3/b25-23+,26-24+. The number of hydrogen-bond acceptors (Lipinski definition) is 12. The van der Waals surface area contributed by atoms with Crippen molar-refractivity contribution in [3.8, 4) is 23.0 Å². The van der Waals surface area contributed by atoms with E-state index in [0.717, 1.165) is 70.7 Å². The normalized spacial score (nSPS) is 12.3. The number of ether oxygens (including phenoxy) is 8. The molecule has 0 aliphatic heterocycles. The van der Waals surface area contributed by atoms with Crippen molar-refractivity contribution in [2.24, 2.45) is 0 Å². The SMILES string of the molecule is CCOCCOc1c2cccc1Cc1cc(C(=O)/C=C/N(CC)CC)cc(c1OCCOCC)Cc1cccc(c1OCCOCC)Cc1cc(C(=O)/C=C/N(CC)CC)cc(c1OCCOCC)C2. The van der Waals surface area contributed by atoms with Crippen LogP contribution in [0.4, 0.5) is 0 Å². The average Bonchev–Trinajstić information content (AvgIpc) is 3.36. The Hall–Kier alpha value is -5.66. The zero-order valence-electron chi connectivity index (χ0n) is 43.2. The molecule has 0 aromatic heterocycles. The molecule has 0 heterocycles. The van der Waals surface area contributed by atoms with Gasteiger partial charge in [0.2, 0.25) is 0 Å². The summed E-state index contributed by atoms with van der Waals surface area (Å²) < 4.78 is 50.2. The predicted molar refractivity (Wildman–Crippen MR) is 278 cm³/mol. The van der Waals surface area contributed by atoms with Gasteiger partial charge in [-0.1, -0.05) is 36.4 Å². The molecule has 0 saturated heterocycles. The van der Waals surface area contributed by atoms with E-state index in [1.165, 1.54) is 0 Å². The van der Waals surface area contributed by atoms with Crippen LogP contribution in [0.3, 0.4) is 0 Å². The second-order valence-corrected chi connectivity index (χ2v) is 16.7. The summed E-state index contributed by atoms with van der Waals surface area (Å²) in [5, 5.41) is 0. The van der Waals surface area contributed by atoms with Gasteiger partial charge in [-0.15, -0.1) is 0 Å². The van der Waals surface area contributed by atoms with E-state index in [9.17, 15) is 9.59 Å². The lowest BCUT2D eigenvalue weighted by Crippen LogP contribution is -2.16. The van der Waals surface area contributed by atoms with E-state index in [-0.39, 0.29) is 11.6 Å². The summed E-state index contributed by atoms with van der Waals surface area (Å²) in [6, 6.07) is 20.2. The van der Waals surface area contributed by atoms with Crippen molar-refractivity contribution >= 4 is 11.6 Å². The minimum Gasteiger partial charge on any atom is -0.491 e. The minimum atomic E-state index is -0.110. The van der Waals surface area contributed by atoms with E-state index in [0.29, 0.717) is 139 Å². The Bertz CT molecular complexity index is 2060. The van der Waals surface area contributed by atoms with E-state index < -0.39 is 0 Å². The highest BCUT2D eigenvalue weighted by atomic mass is 16.5. The number of hydrogen-bond donors (Lipinski definition) is 0. The first kappa shape index (κ1) is 55.3. The molecule has 5 rings (SSSR count). The van der Waals surface area contributed by atoms with Crippen molar-refractivity contribution in [3.63, 3.8) is 0 Å². The maximum absolute atomic E-state index is 14.3. The van der Waals surface area contributed by atoms with Crippen LogP contribution >= 0.6 is 0 Å². The molecule has 4 aromatic rings. The molecular weight excluding hydrogens is 885 g/mol. The van der Waals surface area contributed by atoms with Crippen LogP contribution in [0.15, 0.2) is 85.2 Å². The molecule has 0 N–H and O–H groups in total. The van der Waals surface area contributed by atoms with E-state index in [2.05, 4.69) is 61.8 Å². The molecule has 0 unspecified atom stereocenters. The number of allylic oxidation sites excluding steroid dienone is 2. The highest BCUT2D eigenvalue weighted by Crippen LogP contribution is 2.40. The highest BCUT2D eigenvalue weighted by Gasteiger charge is 2.25. The highest BCUT2D eigenvalue weighted by molar-refractivity contribution is 6.05. The van der Waals surface area contributed by atoms with Gasteiger partial charge in [0.1, 0.15) is 49.4 Å². The fourth-order valence-corrected chi connectivity index (χ4v) is 8.51. The van der Waals surface area contributed by atoms with Gasteiger partial charge in [-0.3, -0.25) is 9.59 Å². The second-order valence-electron chi connectivity index (χ2n) is 16.7. The topological polar surface area (TPSA) is 114 Å². The molecule has 0 spiro atoms. The molecule has 12 nitrogen and oxygen atoms in total. The summed E-state index contributed by atoms with van der Waals surface area (Å²) in [4.78, 5) is 32.8. The van der Waals surface area contributed by atoms with Crippen LogP contribution in [0.1, 0.15) is 121 Å². The van der Waals surface area contributed by atoms with Crippen LogP contribution in [-0.2, 0) is 44.6 Å². The third kappa shape index (κ3) is 16.2. The van der Waals surface area contributed by atoms with Gasteiger partial charge in [-0.2, -0.15) is 0 Å². The summed E-state index contributed by atoms with van der Waals surface area (Å²) in [6.45, 7) is 24.3. The second kappa shape index (κ2) is 30.2. The maximum atomic E-state index is 14.3. The Morgan fingerprint density at radius 1 is 0.400 bits per heavy atom. The summed E-state index contributed by atoms with van der Waals surface area (Å²) in [5.41, 5.74) is 8.03. The van der Waals surface area contributed by atoms with Crippen LogP contribution < -0.4 is 18.9 Å². The van der Waals surface area contributed by atoms with E-state index in [1.807, 2.05) is 76.5 Å². The number of rotatable bonds is 30. The molecule has 70 heavy (non-hydrogen) atoms. The number of nitrogens with zero attached hydrogens (tertiary/aromatic N) is 2. The molecule has 0 atom stereocenters. The lowest BCUT2D eigenvalue weighted by molar-refractivity contribution is 0.103. The molecule has 1 aliphatic rings. The number of fused-ring (bicyclic) bond motifs is 8. The summed E-state index contributed by atoms with van der Waals surface area (Å²) >= 11 is 0. The summed E-state index contributed by atoms with van der Waals surface area (Å²) in [5.74, 6) is 2.54. The third-order valence-electron chi connectivity index (χ3n) is 12.1. The summed E-state index contributed by atoms with van der Waals surface area (Å²) in [6.07, 6.45) is 8.58. The predicted octanol–water partition coefficient (Wildman–Crippen LogP) is 10.1. The van der Waals surface area contributed by atoms with Crippen molar-refractivity contribution in [2.75, 3.05) is 105 Å². The Morgan fingerprint density at radius 3 is 0.900 bits per heavy atom. The van der Waals surface area contributed by atoms with Crippen LogP contribution in [0.25, 0.3) is 0 Å². The number of benzene rings is 4. The zero-order valence-corrected chi connectivity index (χ0v) is 43.2. The quantitative estimate of drug-likeness (QED) is 0.0248. The molecule has 8 bridgehead atoms. The number of carbonyl (C=O) groups excluding carboxylic acids is 2. The molecule has 0 radical (unpaired) electrons. The third-order valence-corrected chi connectivity index (χ3v) is 12.1. The lowest BCUT2D eigenvalue weighted by Gasteiger charge is -2.24. The zero-order chi connectivity index (χ0) is 50.1. The van der Waals surface area contributed by atoms with Crippen molar-refractivity contribution < 1.29 is 47.5 Å². The molecule has 380 valence electrons. The molecule has 12 heteroatoms. The van der Waals surface area contributed by atoms with Crippen LogP contribution in [0.2, 0.25) is 0 Å². The Morgan fingerprint density at radius 2 is 0.657 bits per heavy atom. The number of para-hydroxylation sites is 2. The van der Waals surface area contributed by atoms with Crippen molar-refractivity contribution in [1.82, 2.24) is 9.80 Å². The van der Waals surface area contributed by atoms with Crippen molar-refractivity contribution in [3.05, 3.63) is 141 Å². The molecule has 0 saturated carbocycles.